The molecule has 2 aromatic rings. The van der Waals surface area contributed by atoms with Gasteiger partial charge in [0.25, 0.3) is 11.8 Å². The molecule has 2 fully saturated rings. The van der Waals surface area contributed by atoms with E-state index < -0.39 is 8.32 Å². The van der Waals surface area contributed by atoms with Gasteiger partial charge in [0.1, 0.15) is 5.82 Å². The molecule has 0 saturated heterocycles. The van der Waals surface area contributed by atoms with Gasteiger partial charge in [0.15, 0.2) is 14.0 Å². The highest BCUT2D eigenvalue weighted by Crippen LogP contribution is 2.44. The van der Waals surface area contributed by atoms with Gasteiger partial charge < -0.3 is 19.2 Å². The number of aromatic nitrogens is 2. The summed E-state index contributed by atoms with van der Waals surface area (Å²) in [5.41, 5.74) is 1.19. The summed E-state index contributed by atoms with van der Waals surface area (Å²) in [6.07, 6.45) is 8.74. The van der Waals surface area contributed by atoms with Crippen molar-refractivity contribution in [1.29, 1.82) is 0 Å². The van der Waals surface area contributed by atoms with Crippen LogP contribution in [0.3, 0.4) is 0 Å². The third-order valence-electron chi connectivity index (χ3n) is 9.45. The molecule has 0 bridgehead atoms. The lowest BCUT2D eigenvalue weighted by atomic mass is 9.76. The normalized spacial score (nSPS) is 16.9. The first-order chi connectivity index (χ1) is 19.8. The van der Waals surface area contributed by atoms with Crippen LogP contribution in [0, 0.1) is 5.92 Å². The van der Waals surface area contributed by atoms with Crippen LogP contribution >= 0.6 is 11.6 Å². The lowest BCUT2D eigenvalue weighted by Gasteiger charge is -2.37. The summed E-state index contributed by atoms with van der Waals surface area (Å²) in [5.74, 6) is 0.577. The second-order valence-electron chi connectivity index (χ2n) is 13.8. The van der Waals surface area contributed by atoms with E-state index in [1.54, 1.807) is 0 Å². The second kappa shape index (κ2) is 13.6. The van der Waals surface area contributed by atoms with Crippen molar-refractivity contribution >= 4 is 25.8 Å². The largest absolute Gasteiger partial charge is 0.491 e. The standard InChI is InChI=1S/C33H50ClN3O4Si/c1-7-8-20-40-29-28(31(39)37(23-24-11-12-24)19-21-41-42(5,6)32(2,3)4)35-27(36-30(29)38)22-33(17-9-10-18-33)25-13-15-26(34)16-14-25/h13-16,24H,7-12,17-23H2,1-6H3,(H,35,36,38). The number of carbonyl (C=O) groups excluding carboxylic acids is 1. The Hall–Kier alpha value is -2.16. The van der Waals surface area contributed by atoms with Gasteiger partial charge in [-0.15, -0.1) is 0 Å². The molecule has 0 aliphatic heterocycles. The predicted molar refractivity (Wildman–Crippen MR) is 171 cm³/mol. The van der Waals surface area contributed by atoms with E-state index in [1.165, 1.54) is 5.56 Å². The molecule has 1 amide bonds. The fraction of sp³-hybridized carbons (Fsp3) is 0.667. The fourth-order valence-corrected chi connectivity index (χ4v) is 6.71. The molecule has 1 aromatic heterocycles. The zero-order valence-corrected chi connectivity index (χ0v) is 28.2. The minimum atomic E-state index is -1.96. The van der Waals surface area contributed by atoms with Crippen molar-refractivity contribution in [2.45, 2.75) is 109 Å². The summed E-state index contributed by atoms with van der Waals surface area (Å²) in [6, 6.07) is 8.02. The maximum atomic E-state index is 14.2. The molecule has 0 spiro atoms. The Morgan fingerprint density at radius 3 is 2.38 bits per heavy atom. The van der Waals surface area contributed by atoms with Gasteiger partial charge in [0.2, 0.25) is 5.75 Å². The maximum absolute atomic E-state index is 14.2. The number of ether oxygens (including phenoxy) is 1. The number of halogens is 1. The molecule has 1 N–H and O–H groups in total. The Labute approximate surface area is 258 Å². The van der Waals surface area contributed by atoms with Gasteiger partial charge in [-0.1, -0.05) is 70.7 Å². The number of aromatic hydroxyl groups is 1. The summed E-state index contributed by atoms with van der Waals surface area (Å²) in [6.45, 7) is 15.2. The first-order valence-electron chi connectivity index (χ1n) is 15.8. The zero-order valence-electron chi connectivity index (χ0n) is 26.5. The van der Waals surface area contributed by atoms with Crippen LogP contribution in [-0.4, -0.2) is 60.5 Å². The number of hydrogen-bond donors (Lipinski definition) is 1. The lowest BCUT2D eigenvalue weighted by molar-refractivity contribution is 0.0703. The fourth-order valence-electron chi connectivity index (χ4n) is 5.55. The molecule has 42 heavy (non-hydrogen) atoms. The van der Waals surface area contributed by atoms with E-state index in [9.17, 15) is 9.90 Å². The van der Waals surface area contributed by atoms with E-state index in [1.807, 2.05) is 17.0 Å². The van der Waals surface area contributed by atoms with E-state index in [0.717, 1.165) is 51.4 Å². The summed E-state index contributed by atoms with van der Waals surface area (Å²) in [5, 5.41) is 11.9. The van der Waals surface area contributed by atoms with Crippen LogP contribution < -0.4 is 4.74 Å². The van der Waals surface area contributed by atoms with E-state index in [4.69, 9.17) is 25.7 Å². The molecule has 232 valence electrons. The molecule has 4 rings (SSSR count). The molecule has 7 nitrogen and oxygen atoms in total. The quantitative estimate of drug-likeness (QED) is 0.171. The average Bonchev–Trinajstić information content (AvgIpc) is 3.63. The lowest BCUT2D eigenvalue weighted by Crippen LogP contribution is -2.44. The van der Waals surface area contributed by atoms with E-state index in [0.29, 0.717) is 49.5 Å². The molecule has 0 atom stereocenters. The zero-order chi connectivity index (χ0) is 30.5. The van der Waals surface area contributed by atoms with Crippen LogP contribution in [0.4, 0.5) is 0 Å². The summed E-state index contributed by atoms with van der Waals surface area (Å²) in [7, 11) is -1.96. The molecule has 2 saturated carbocycles. The third kappa shape index (κ3) is 8.06. The maximum Gasteiger partial charge on any atom is 0.276 e. The molecule has 0 radical (unpaired) electrons. The van der Waals surface area contributed by atoms with Crippen molar-refractivity contribution in [1.82, 2.24) is 14.9 Å². The van der Waals surface area contributed by atoms with Crippen LogP contribution in [0.1, 0.15) is 101 Å². The Kier molecular flexibility index (Phi) is 10.6. The molecular formula is C33H50ClN3O4Si. The van der Waals surface area contributed by atoms with Gasteiger partial charge in [0, 0.05) is 29.9 Å². The number of nitrogens with zero attached hydrogens (tertiary/aromatic N) is 3. The second-order valence-corrected chi connectivity index (χ2v) is 19.1. The number of unbranched alkanes of at least 4 members (excludes halogenated alkanes) is 1. The molecular weight excluding hydrogens is 566 g/mol. The van der Waals surface area contributed by atoms with Crippen LogP contribution in [0.15, 0.2) is 24.3 Å². The number of amides is 1. The highest BCUT2D eigenvalue weighted by Gasteiger charge is 2.39. The minimum Gasteiger partial charge on any atom is -0.491 e. The van der Waals surface area contributed by atoms with Gasteiger partial charge >= 0.3 is 0 Å². The van der Waals surface area contributed by atoms with Crippen LogP contribution in [0.5, 0.6) is 11.6 Å². The van der Waals surface area contributed by atoms with Crippen molar-refractivity contribution in [2.75, 3.05) is 26.3 Å². The monoisotopic (exact) mass is 615 g/mol. The topological polar surface area (TPSA) is 84.8 Å². The van der Waals surface area contributed by atoms with Gasteiger partial charge in [-0.05, 0) is 73.9 Å². The Morgan fingerprint density at radius 1 is 1.12 bits per heavy atom. The predicted octanol–water partition coefficient (Wildman–Crippen LogP) is 7.94. The smallest absolute Gasteiger partial charge is 0.276 e. The first kappa shape index (κ1) is 32.7. The van der Waals surface area contributed by atoms with Crippen LogP contribution in [0.25, 0.3) is 0 Å². The van der Waals surface area contributed by atoms with Crippen molar-refractivity contribution in [3.63, 3.8) is 0 Å². The number of rotatable bonds is 14. The highest BCUT2D eigenvalue weighted by molar-refractivity contribution is 6.74. The Balaban J connectivity index is 1.64. The van der Waals surface area contributed by atoms with Crippen molar-refractivity contribution < 1.29 is 19.1 Å². The summed E-state index contributed by atoms with van der Waals surface area (Å²) in [4.78, 5) is 25.5. The molecule has 2 aliphatic rings. The van der Waals surface area contributed by atoms with Crippen LogP contribution in [0.2, 0.25) is 23.2 Å². The van der Waals surface area contributed by atoms with E-state index in [2.05, 4.69) is 57.9 Å². The van der Waals surface area contributed by atoms with Gasteiger partial charge in [0.05, 0.1) is 13.2 Å². The average molecular weight is 616 g/mol. The van der Waals surface area contributed by atoms with E-state index >= 15 is 0 Å². The molecule has 1 heterocycles. The van der Waals surface area contributed by atoms with Crippen molar-refractivity contribution in [3.8, 4) is 11.6 Å². The minimum absolute atomic E-state index is 0.0895. The van der Waals surface area contributed by atoms with Crippen molar-refractivity contribution in [2.24, 2.45) is 5.92 Å². The number of benzene rings is 1. The molecule has 9 heteroatoms. The Bertz CT molecular complexity index is 1210. The Morgan fingerprint density at radius 2 is 1.79 bits per heavy atom. The summed E-state index contributed by atoms with van der Waals surface area (Å²) >= 11 is 6.20. The highest BCUT2D eigenvalue weighted by atomic mass is 35.5. The van der Waals surface area contributed by atoms with Crippen LogP contribution in [-0.2, 0) is 16.3 Å². The SMILES string of the molecule is CCCCOc1c(O)nc(CC2(c3ccc(Cl)cc3)CCCC2)nc1C(=O)N(CCO[Si](C)(C)C(C)(C)C)CC1CC1. The molecule has 1 aromatic carbocycles. The number of carbonyl (C=O) groups is 1. The van der Waals surface area contributed by atoms with E-state index in [-0.39, 0.29) is 33.7 Å². The molecule has 2 aliphatic carbocycles. The third-order valence-corrected chi connectivity index (χ3v) is 14.2. The van der Waals surface area contributed by atoms with Gasteiger partial charge in [-0.3, -0.25) is 4.79 Å². The number of hydrogen-bond acceptors (Lipinski definition) is 6. The first-order valence-corrected chi connectivity index (χ1v) is 19.1. The van der Waals surface area contributed by atoms with Crippen molar-refractivity contribution in [3.05, 3.63) is 46.4 Å². The molecule has 0 unspecified atom stereocenters. The van der Waals surface area contributed by atoms with Gasteiger partial charge in [-0.2, -0.15) is 4.98 Å². The van der Waals surface area contributed by atoms with Gasteiger partial charge in [-0.25, -0.2) is 4.98 Å². The summed E-state index contributed by atoms with van der Waals surface area (Å²) < 4.78 is 12.4.